The Balaban J connectivity index is 2.01. The highest BCUT2D eigenvalue weighted by atomic mass is 16.5. The fraction of sp³-hybridized carbons (Fsp3) is 0.500. The summed E-state index contributed by atoms with van der Waals surface area (Å²) in [7, 11) is 0. The number of benzene rings is 1. The highest BCUT2D eigenvalue weighted by Crippen LogP contribution is 2.32. The molecule has 0 aliphatic carbocycles. The zero-order chi connectivity index (χ0) is 13.7. The number of carboxylic acid groups (broad SMARTS) is 1. The van der Waals surface area contributed by atoms with Gasteiger partial charge in [0.15, 0.2) is 11.5 Å². The molecule has 1 heterocycles. The van der Waals surface area contributed by atoms with E-state index in [1.807, 2.05) is 25.1 Å². The summed E-state index contributed by atoms with van der Waals surface area (Å²) < 4.78 is 11.1. The minimum absolute atomic E-state index is 0.379. The molecule has 2 N–H and O–H groups in total. The minimum Gasteiger partial charge on any atom is -0.490 e. The van der Waals surface area contributed by atoms with Crippen LogP contribution in [-0.2, 0) is 4.79 Å². The molecule has 0 amide bonds. The van der Waals surface area contributed by atoms with E-state index in [-0.39, 0.29) is 5.92 Å². The smallest absolute Gasteiger partial charge is 0.308 e. The zero-order valence-corrected chi connectivity index (χ0v) is 11.0. The van der Waals surface area contributed by atoms with Crippen LogP contribution in [0.4, 0.5) is 5.69 Å². The van der Waals surface area contributed by atoms with Gasteiger partial charge in [0.05, 0.1) is 19.1 Å². The normalized spacial score (nSPS) is 15.4. The Morgan fingerprint density at radius 3 is 2.79 bits per heavy atom. The van der Waals surface area contributed by atoms with Crippen molar-refractivity contribution in [2.45, 2.75) is 19.8 Å². The molecule has 0 spiro atoms. The van der Waals surface area contributed by atoms with Crippen LogP contribution in [0.1, 0.15) is 19.8 Å². The van der Waals surface area contributed by atoms with Crippen molar-refractivity contribution in [1.29, 1.82) is 0 Å². The Morgan fingerprint density at radius 1 is 1.37 bits per heavy atom. The van der Waals surface area contributed by atoms with Gasteiger partial charge in [-0.2, -0.15) is 0 Å². The molecule has 1 aromatic rings. The molecule has 1 atom stereocenters. The molecule has 5 heteroatoms. The van der Waals surface area contributed by atoms with Crippen LogP contribution in [0.25, 0.3) is 0 Å². The first-order valence-electron chi connectivity index (χ1n) is 6.57. The van der Waals surface area contributed by atoms with Gasteiger partial charge in [0.2, 0.25) is 0 Å². The van der Waals surface area contributed by atoms with Gasteiger partial charge in [-0.15, -0.1) is 0 Å². The number of hydrogen-bond acceptors (Lipinski definition) is 4. The van der Waals surface area contributed by atoms with Gasteiger partial charge in [0.1, 0.15) is 0 Å². The van der Waals surface area contributed by atoms with Crippen molar-refractivity contribution in [3.63, 3.8) is 0 Å². The number of hydrogen-bond donors (Lipinski definition) is 2. The summed E-state index contributed by atoms with van der Waals surface area (Å²) in [5.41, 5.74) is 0.851. The zero-order valence-electron chi connectivity index (χ0n) is 11.0. The van der Waals surface area contributed by atoms with E-state index in [2.05, 4.69) is 5.32 Å². The number of carbonyl (C=O) groups is 1. The number of carboxylic acids is 1. The molecule has 1 unspecified atom stereocenters. The van der Waals surface area contributed by atoms with E-state index in [0.717, 1.165) is 17.9 Å². The molecule has 0 bridgehead atoms. The van der Waals surface area contributed by atoms with Crippen LogP contribution in [0.2, 0.25) is 0 Å². The molecule has 0 radical (unpaired) electrons. The van der Waals surface area contributed by atoms with Gasteiger partial charge in [-0.3, -0.25) is 4.79 Å². The Bertz CT molecular complexity index is 447. The largest absolute Gasteiger partial charge is 0.490 e. The van der Waals surface area contributed by atoms with Crippen LogP contribution in [0, 0.1) is 5.92 Å². The van der Waals surface area contributed by atoms with Crippen molar-refractivity contribution in [3.8, 4) is 11.5 Å². The van der Waals surface area contributed by atoms with Crippen molar-refractivity contribution in [2.24, 2.45) is 5.92 Å². The van der Waals surface area contributed by atoms with E-state index >= 15 is 0 Å². The Hall–Kier alpha value is -1.91. The second kappa shape index (κ2) is 6.31. The second-order valence-electron chi connectivity index (χ2n) is 4.54. The van der Waals surface area contributed by atoms with Crippen molar-refractivity contribution >= 4 is 11.7 Å². The van der Waals surface area contributed by atoms with Crippen LogP contribution >= 0.6 is 0 Å². The Kier molecular flexibility index (Phi) is 4.49. The van der Waals surface area contributed by atoms with Crippen LogP contribution < -0.4 is 14.8 Å². The SMILES string of the molecule is CCC(CNc1ccc2c(c1)OCCCO2)C(=O)O. The standard InChI is InChI=1S/C14H19NO4/c1-2-10(14(16)17)9-15-11-4-5-12-13(8-11)19-7-3-6-18-12/h4-5,8,10,15H,2-3,6-7,9H2,1H3,(H,16,17). The van der Waals surface area contributed by atoms with E-state index in [0.29, 0.717) is 31.9 Å². The third-order valence-electron chi connectivity index (χ3n) is 3.14. The summed E-state index contributed by atoms with van der Waals surface area (Å²) in [5.74, 6) is 0.305. The molecule has 19 heavy (non-hydrogen) atoms. The predicted molar refractivity (Wildman–Crippen MR) is 72.0 cm³/mol. The molecule has 1 aliphatic heterocycles. The number of fused-ring (bicyclic) bond motifs is 1. The number of nitrogens with one attached hydrogen (secondary N) is 1. The Morgan fingerprint density at radius 2 is 2.11 bits per heavy atom. The van der Waals surface area contributed by atoms with Crippen LogP contribution in [0.5, 0.6) is 11.5 Å². The van der Waals surface area contributed by atoms with Gasteiger partial charge in [-0.25, -0.2) is 0 Å². The summed E-state index contributed by atoms with van der Waals surface area (Å²) >= 11 is 0. The number of aliphatic carboxylic acids is 1. The lowest BCUT2D eigenvalue weighted by Gasteiger charge is -2.14. The summed E-state index contributed by atoms with van der Waals surface area (Å²) in [6, 6.07) is 5.59. The molecule has 1 aromatic carbocycles. The van der Waals surface area contributed by atoms with E-state index in [9.17, 15) is 4.79 Å². The van der Waals surface area contributed by atoms with E-state index in [1.54, 1.807) is 0 Å². The van der Waals surface area contributed by atoms with Crippen molar-refractivity contribution < 1.29 is 19.4 Å². The number of rotatable bonds is 5. The monoisotopic (exact) mass is 265 g/mol. The van der Waals surface area contributed by atoms with Crippen molar-refractivity contribution in [1.82, 2.24) is 0 Å². The molecule has 0 aromatic heterocycles. The first-order valence-corrected chi connectivity index (χ1v) is 6.57. The van der Waals surface area contributed by atoms with Gasteiger partial charge in [0.25, 0.3) is 0 Å². The lowest BCUT2D eigenvalue weighted by molar-refractivity contribution is -0.141. The fourth-order valence-corrected chi connectivity index (χ4v) is 1.92. The molecule has 2 rings (SSSR count). The Labute approximate surface area is 112 Å². The topological polar surface area (TPSA) is 67.8 Å². The first kappa shape index (κ1) is 13.5. The van der Waals surface area contributed by atoms with Crippen molar-refractivity contribution in [2.75, 3.05) is 25.1 Å². The van der Waals surface area contributed by atoms with Crippen LogP contribution in [-0.4, -0.2) is 30.8 Å². The molecule has 0 saturated heterocycles. The third kappa shape index (κ3) is 3.53. The summed E-state index contributed by atoms with van der Waals surface area (Å²) in [5, 5.41) is 12.1. The molecular weight excluding hydrogens is 246 g/mol. The molecular formula is C14H19NO4. The predicted octanol–water partition coefficient (Wildman–Crippen LogP) is 2.37. The quantitative estimate of drug-likeness (QED) is 0.855. The highest BCUT2D eigenvalue weighted by Gasteiger charge is 2.15. The molecule has 0 fully saturated rings. The summed E-state index contributed by atoms with van der Waals surface area (Å²) in [6.07, 6.45) is 1.47. The molecule has 104 valence electrons. The third-order valence-corrected chi connectivity index (χ3v) is 3.14. The van der Waals surface area contributed by atoms with Gasteiger partial charge in [-0.1, -0.05) is 6.92 Å². The molecule has 5 nitrogen and oxygen atoms in total. The highest BCUT2D eigenvalue weighted by molar-refractivity contribution is 5.70. The number of ether oxygens (including phenoxy) is 2. The van der Waals surface area contributed by atoms with E-state index < -0.39 is 5.97 Å². The van der Waals surface area contributed by atoms with Gasteiger partial charge in [0, 0.05) is 24.7 Å². The summed E-state index contributed by atoms with van der Waals surface area (Å²) in [4.78, 5) is 10.9. The maximum absolute atomic E-state index is 10.9. The average molecular weight is 265 g/mol. The maximum atomic E-state index is 10.9. The van der Waals surface area contributed by atoms with Gasteiger partial charge in [-0.05, 0) is 18.6 Å². The maximum Gasteiger partial charge on any atom is 0.308 e. The van der Waals surface area contributed by atoms with E-state index in [1.165, 1.54) is 0 Å². The van der Waals surface area contributed by atoms with Gasteiger partial charge >= 0.3 is 5.97 Å². The minimum atomic E-state index is -0.774. The molecule has 1 aliphatic rings. The number of anilines is 1. The lowest BCUT2D eigenvalue weighted by atomic mass is 10.1. The lowest BCUT2D eigenvalue weighted by Crippen LogP contribution is -2.22. The fourth-order valence-electron chi connectivity index (χ4n) is 1.92. The first-order chi connectivity index (χ1) is 9.20. The average Bonchev–Trinajstić information content (AvgIpc) is 2.63. The summed E-state index contributed by atoms with van der Waals surface area (Å²) in [6.45, 7) is 3.58. The molecule has 0 saturated carbocycles. The van der Waals surface area contributed by atoms with Gasteiger partial charge < -0.3 is 19.9 Å². The van der Waals surface area contributed by atoms with Crippen LogP contribution in [0.3, 0.4) is 0 Å². The second-order valence-corrected chi connectivity index (χ2v) is 4.54. The van der Waals surface area contributed by atoms with Crippen LogP contribution in [0.15, 0.2) is 18.2 Å². The van der Waals surface area contributed by atoms with Crippen molar-refractivity contribution in [3.05, 3.63) is 18.2 Å². The van der Waals surface area contributed by atoms with E-state index in [4.69, 9.17) is 14.6 Å².